The van der Waals surface area contributed by atoms with E-state index in [0.717, 1.165) is 38.5 Å². The molecule has 2 aliphatic heterocycles. The minimum absolute atomic E-state index is 0.0194. The Hall–Kier alpha value is -2.08. The van der Waals surface area contributed by atoms with Crippen molar-refractivity contribution in [2.45, 2.75) is 108 Å². The Kier molecular flexibility index (Phi) is 13.3. The number of allylic oxidation sites excluding steroid dienone is 2. The highest BCUT2D eigenvalue weighted by Gasteiger charge is 2.45. The number of aliphatic hydroxyl groups excluding tert-OH is 1. The molecule has 1 aliphatic carbocycles. The maximum atomic E-state index is 13.4. The summed E-state index contributed by atoms with van der Waals surface area (Å²) < 4.78 is 49.9. The van der Waals surface area contributed by atoms with Gasteiger partial charge in [0.25, 0.3) is 0 Å². The third-order valence-corrected chi connectivity index (χ3v) is 7.75. The van der Waals surface area contributed by atoms with Crippen molar-refractivity contribution in [2.75, 3.05) is 26.4 Å². The Morgan fingerprint density at radius 2 is 1.78 bits per heavy atom. The summed E-state index contributed by atoms with van der Waals surface area (Å²) in [4.78, 5) is 10.7. The van der Waals surface area contributed by atoms with Crippen LogP contribution in [0.15, 0.2) is 36.4 Å². The number of carboxylic acid groups (broad SMARTS) is 1. The van der Waals surface area contributed by atoms with Crippen molar-refractivity contribution in [1.29, 1.82) is 0 Å². The van der Waals surface area contributed by atoms with Crippen molar-refractivity contribution < 1.29 is 47.8 Å². The number of aliphatic carboxylic acids is 1. The van der Waals surface area contributed by atoms with Crippen molar-refractivity contribution in [3.63, 3.8) is 0 Å². The third kappa shape index (κ3) is 10.9. The van der Waals surface area contributed by atoms with E-state index in [1.165, 1.54) is 12.1 Å². The average Bonchev–Trinajstić information content (AvgIpc) is 3.27. The van der Waals surface area contributed by atoms with Gasteiger partial charge in [-0.05, 0) is 88.5 Å². The molecule has 1 saturated carbocycles. The quantitative estimate of drug-likeness (QED) is 0.231. The van der Waals surface area contributed by atoms with E-state index < -0.39 is 24.3 Å². The zero-order valence-corrected chi connectivity index (χ0v) is 23.7. The molecular weight excluding hydrogens is 535 g/mol. The SMILES string of the molecule is O=C([O-])CCC/C=C/CC1C(O)CC(OC2CCCCO2)C1OCC(COc1ccc(F)cc1)OC1CCCCO1. The van der Waals surface area contributed by atoms with Crippen LogP contribution >= 0.6 is 0 Å². The summed E-state index contributed by atoms with van der Waals surface area (Å²) >= 11 is 0. The molecule has 4 rings (SSSR count). The van der Waals surface area contributed by atoms with E-state index in [4.69, 9.17) is 28.4 Å². The normalized spacial score (nSPS) is 29.5. The maximum Gasteiger partial charge on any atom is 0.158 e. The van der Waals surface area contributed by atoms with Gasteiger partial charge in [-0.3, -0.25) is 0 Å². The summed E-state index contributed by atoms with van der Waals surface area (Å²) in [6.07, 6.45) is 9.15. The second kappa shape index (κ2) is 17.1. The minimum Gasteiger partial charge on any atom is -0.550 e. The van der Waals surface area contributed by atoms with Crippen LogP contribution in [0, 0.1) is 11.7 Å². The number of carbonyl (C=O) groups is 1. The molecule has 9 nitrogen and oxygen atoms in total. The van der Waals surface area contributed by atoms with Crippen molar-refractivity contribution in [3.8, 4) is 5.75 Å². The summed E-state index contributed by atoms with van der Waals surface area (Å²) in [5.41, 5.74) is 0. The van der Waals surface area contributed by atoms with Crippen LogP contribution in [0.5, 0.6) is 5.75 Å². The van der Waals surface area contributed by atoms with Crippen LogP contribution in [-0.4, -0.2) is 74.5 Å². The topological polar surface area (TPSA) is 116 Å². The van der Waals surface area contributed by atoms with Gasteiger partial charge >= 0.3 is 0 Å². The van der Waals surface area contributed by atoms with Crippen LogP contribution in [0.2, 0.25) is 0 Å². The molecule has 1 N–H and O–H groups in total. The lowest BCUT2D eigenvalue weighted by Crippen LogP contribution is -2.40. The lowest BCUT2D eigenvalue weighted by atomic mass is 9.98. The maximum absolute atomic E-state index is 13.4. The summed E-state index contributed by atoms with van der Waals surface area (Å²) in [5.74, 6) is -1.08. The standard InChI is InChI=1S/C31H45FO9/c32-22-13-15-23(16-14-22)38-20-24(40-29-11-5-7-17-36-29)21-39-31-25(9-3-1-2-4-10-28(34)35)26(33)19-27(31)41-30-12-6-8-18-37-30/h1,3,13-16,24-27,29-31,33H,2,4-12,17-21H2,(H,34,35)/p-1/b3-1+. The van der Waals surface area contributed by atoms with Crippen molar-refractivity contribution in [3.05, 3.63) is 42.2 Å². The lowest BCUT2D eigenvalue weighted by molar-refractivity contribution is -0.305. The molecule has 0 spiro atoms. The average molecular weight is 580 g/mol. The predicted octanol–water partition coefficient (Wildman–Crippen LogP) is 3.66. The largest absolute Gasteiger partial charge is 0.550 e. The van der Waals surface area contributed by atoms with Crippen LogP contribution in [0.1, 0.15) is 70.6 Å². The van der Waals surface area contributed by atoms with E-state index >= 15 is 0 Å². The minimum atomic E-state index is -1.05. The third-order valence-electron chi connectivity index (χ3n) is 7.75. The van der Waals surface area contributed by atoms with Gasteiger partial charge in [-0.2, -0.15) is 0 Å². The van der Waals surface area contributed by atoms with Gasteiger partial charge in [-0.15, -0.1) is 0 Å². The Morgan fingerprint density at radius 1 is 1.05 bits per heavy atom. The van der Waals surface area contributed by atoms with Crippen LogP contribution in [0.3, 0.4) is 0 Å². The number of carboxylic acids is 1. The number of halogens is 1. The number of ether oxygens (including phenoxy) is 6. The number of carbonyl (C=O) groups excluding carboxylic acids is 1. The van der Waals surface area contributed by atoms with Crippen molar-refractivity contribution in [1.82, 2.24) is 0 Å². The summed E-state index contributed by atoms with van der Waals surface area (Å²) in [5, 5.41) is 21.7. The second-order valence-corrected chi connectivity index (χ2v) is 11.0. The Labute approximate surface area is 241 Å². The second-order valence-electron chi connectivity index (χ2n) is 11.0. The van der Waals surface area contributed by atoms with Crippen LogP contribution in [0.4, 0.5) is 4.39 Å². The molecule has 1 aromatic rings. The predicted molar refractivity (Wildman–Crippen MR) is 145 cm³/mol. The highest BCUT2D eigenvalue weighted by Crippen LogP contribution is 2.36. The van der Waals surface area contributed by atoms with E-state index in [2.05, 4.69) is 0 Å². The monoisotopic (exact) mass is 579 g/mol. The smallest absolute Gasteiger partial charge is 0.158 e. The first kappa shape index (κ1) is 31.8. The van der Waals surface area contributed by atoms with Gasteiger partial charge in [-0.25, -0.2) is 4.39 Å². The first-order valence-corrected chi connectivity index (χ1v) is 15.0. The fraction of sp³-hybridized carbons (Fsp3) is 0.710. The van der Waals surface area contributed by atoms with Gasteiger partial charge in [0.2, 0.25) is 0 Å². The van der Waals surface area contributed by atoms with Crippen LogP contribution in [0.25, 0.3) is 0 Å². The number of unbranched alkanes of at least 4 members (excludes halogenated alkanes) is 1. The van der Waals surface area contributed by atoms with Crippen molar-refractivity contribution in [2.24, 2.45) is 5.92 Å². The zero-order valence-electron chi connectivity index (χ0n) is 23.7. The fourth-order valence-corrected chi connectivity index (χ4v) is 5.54. The molecule has 0 amide bonds. The van der Waals surface area contributed by atoms with E-state index in [0.29, 0.717) is 44.6 Å². The van der Waals surface area contributed by atoms with Gasteiger partial charge < -0.3 is 43.4 Å². The van der Waals surface area contributed by atoms with E-state index in [1.807, 2.05) is 12.2 Å². The Bertz CT molecular complexity index is 915. The molecule has 7 atom stereocenters. The van der Waals surface area contributed by atoms with Gasteiger partial charge in [0.05, 0.1) is 24.9 Å². The summed E-state index contributed by atoms with van der Waals surface area (Å²) in [6.45, 7) is 1.67. The van der Waals surface area contributed by atoms with Gasteiger partial charge in [0.1, 0.15) is 24.3 Å². The van der Waals surface area contributed by atoms with Crippen LogP contribution < -0.4 is 9.84 Å². The molecule has 0 radical (unpaired) electrons. The highest BCUT2D eigenvalue weighted by molar-refractivity contribution is 5.64. The summed E-state index contributed by atoms with van der Waals surface area (Å²) in [7, 11) is 0. The first-order valence-electron chi connectivity index (χ1n) is 15.0. The molecule has 3 aliphatic rings. The van der Waals surface area contributed by atoms with Crippen LogP contribution in [-0.2, 0) is 28.5 Å². The van der Waals surface area contributed by atoms with Gasteiger partial charge in [0, 0.05) is 31.5 Å². The van der Waals surface area contributed by atoms with E-state index in [9.17, 15) is 19.4 Å². The van der Waals surface area contributed by atoms with Crippen molar-refractivity contribution >= 4 is 5.97 Å². The molecule has 3 fully saturated rings. The van der Waals surface area contributed by atoms with E-state index in [-0.39, 0.29) is 50.1 Å². The highest BCUT2D eigenvalue weighted by atomic mass is 19.1. The number of aliphatic hydroxyl groups is 1. The number of hydrogen-bond acceptors (Lipinski definition) is 9. The molecular formula is C31H44FO9-. The van der Waals surface area contributed by atoms with Gasteiger partial charge in [-0.1, -0.05) is 12.2 Å². The fourth-order valence-electron chi connectivity index (χ4n) is 5.54. The zero-order chi connectivity index (χ0) is 28.9. The molecule has 1 aromatic carbocycles. The molecule has 41 heavy (non-hydrogen) atoms. The Morgan fingerprint density at radius 3 is 2.46 bits per heavy atom. The van der Waals surface area contributed by atoms with E-state index in [1.54, 1.807) is 12.1 Å². The molecule has 0 bridgehead atoms. The first-order chi connectivity index (χ1) is 20.0. The summed E-state index contributed by atoms with van der Waals surface area (Å²) in [6, 6.07) is 5.83. The molecule has 2 heterocycles. The number of benzene rings is 1. The lowest BCUT2D eigenvalue weighted by Gasteiger charge is -2.32. The molecule has 0 aromatic heterocycles. The van der Waals surface area contributed by atoms with Gasteiger partial charge in [0.15, 0.2) is 12.6 Å². The molecule has 230 valence electrons. The number of hydrogen-bond donors (Lipinski definition) is 1. The molecule has 2 saturated heterocycles. The number of rotatable bonds is 16. The molecule has 7 unspecified atom stereocenters. The molecule has 10 heteroatoms. The Balaban J connectivity index is 1.40.